The fourth-order valence-electron chi connectivity index (χ4n) is 4.16. The van der Waals surface area contributed by atoms with Gasteiger partial charge in [0, 0.05) is 18.4 Å². The summed E-state index contributed by atoms with van der Waals surface area (Å²) in [5, 5.41) is 12.4. The summed E-state index contributed by atoms with van der Waals surface area (Å²) in [6.07, 6.45) is 25.0. The molecule has 5 nitrogen and oxygen atoms in total. The normalized spacial score (nSPS) is 19.9. The number of carboxylic acids is 1. The Kier molecular flexibility index (Phi) is 15.0. The minimum Gasteiger partial charge on any atom is -0.493 e. The molecule has 2 N–H and O–H groups in total. The van der Waals surface area contributed by atoms with E-state index >= 15 is 0 Å². The van der Waals surface area contributed by atoms with Gasteiger partial charge in [-0.15, -0.1) is 0 Å². The van der Waals surface area contributed by atoms with Gasteiger partial charge in [0.2, 0.25) is 0 Å². The minimum atomic E-state index is -1.09. The smallest absolute Gasteiger partial charge is 0.326 e. The summed E-state index contributed by atoms with van der Waals surface area (Å²) in [6.45, 7) is 9.95. The molecule has 0 aromatic carbocycles. The molecule has 0 fully saturated rings. The average molecular weight is 580 g/mol. The predicted molar refractivity (Wildman–Crippen MR) is 166 cm³/mol. The van der Waals surface area contributed by atoms with Crippen LogP contribution in [-0.2, 0) is 14.3 Å². The van der Waals surface area contributed by atoms with E-state index < -0.39 is 29.6 Å². The maximum atomic E-state index is 13.5. The zero-order chi connectivity index (χ0) is 30.9. The first-order valence-electron chi connectivity index (χ1n) is 14.5. The molecule has 2 aliphatic rings. The van der Waals surface area contributed by atoms with Gasteiger partial charge in [-0.25, -0.2) is 13.6 Å². The summed E-state index contributed by atoms with van der Waals surface area (Å²) >= 11 is 0. The number of rotatable bonds is 15. The number of aliphatic carboxylic acids is 1. The van der Waals surface area contributed by atoms with Crippen LogP contribution in [0.1, 0.15) is 65.7 Å². The molecule has 0 aromatic rings. The maximum Gasteiger partial charge on any atom is 0.326 e. The van der Waals surface area contributed by atoms with Gasteiger partial charge in [-0.1, -0.05) is 87.6 Å². The Balaban J connectivity index is 2.16. The van der Waals surface area contributed by atoms with Crippen molar-refractivity contribution in [1.29, 1.82) is 0 Å². The van der Waals surface area contributed by atoms with Crippen molar-refractivity contribution in [3.8, 4) is 0 Å². The van der Waals surface area contributed by atoms with Crippen molar-refractivity contribution in [2.45, 2.75) is 71.8 Å². The molecule has 2 aliphatic carbocycles. The third-order valence-corrected chi connectivity index (χ3v) is 7.08. The fourth-order valence-corrected chi connectivity index (χ4v) is 4.16. The van der Waals surface area contributed by atoms with Crippen molar-refractivity contribution < 1.29 is 28.2 Å². The molecule has 0 spiro atoms. The lowest BCUT2D eigenvalue weighted by Crippen LogP contribution is -2.41. The zero-order valence-electron chi connectivity index (χ0n) is 24.9. The van der Waals surface area contributed by atoms with Crippen molar-refractivity contribution in [3.05, 3.63) is 119 Å². The SMILES string of the molecule is C=C\C(=C/C(=C/C=C(\CC)OCC1=CCC(F)=C(F)C=C1)C(C)CC)C(=O)NC(CC/C1=C/C/C=C\CC=C1)C(=O)O. The summed E-state index contributed by atoms with van der Waals surface area (Å²) in [4.78, 5) is 25.1. The van der Waals surface area contributed by atoms with Gasteiger partial charge in [-0.05, 0) is 67.4 Å². The quantitative estimate of drug-likeness (QED) is 0.0882. The van der Waals surface area contributed by atoms with Crippen molar-refractivity contribution in [2.24, 2.45) is 5.92 Å². The van der Waals surface area contributed by atoms with E-state index in [1.807, 2.05) is 45.1 Å². The Bertz CT molecular complexity index is 1260. The molecule has 1 amide bonds. The lowest BCUT2D eigenvalue weighted by Gasteiger charge is -2.17. The Morgan fingerprint density at radius 2 is 1.83 bits per heavy atom. The molecule has 2 unspecified atom stereocenters. The largest absolute Gasteiger partial charge is 0.493 e. The number of hydrogen-bond donors (Lipinski definition) is 2. The fraction of sp³-hybridized carbons (Fsp3) is 0.371. The van der Waals surface area contributed by atoms with Crippen LogP contribution in [-0.4, -0.2) is 29.6 Å². The third kappa shape index (κ3) is 11.9. The first-order chi connectivity index (χ1) is 20.2. The maximum absolute atomic E-state index is 13.5. The van der Waals surface area contributed by atoms with E-state index in [9.17, 15) is 23.5 Å². The van der Waals surface area contributed by atoms with E-state index in [0.717, 1.165) is 36.5 Å². The molecular formula is C35H43F2NO4. The first kappa shape index (κ1) is 34.2. The molecule has 0 aromatic heterocycles. The van der Waals surface area contributed by atoms with E-state index in [2.05, 4.69) is 30.1 Å². The molecule has 226 valence electrons. The highest BCUT2D eigenvalue weighted by Gasteiger charge is 2.21. The molecule has 0 saturated carbocycles. The molecule has 0 heterocycles. The topological polar surface area (TPSA) is 75.6 Å². The lowest BCUT2D eigenvalue weighted by atomic mass is 9.95. The number of nitrogens with one attached hydrogen (secondary N) is 1. The van der Waals surface area contributed by atoms with Crippen LogP contribution in [0.5, 0.6) is 0 Å². The van der Waals surface area contributed by atoms with Gasteiger partial charge in [0.15, 0.2) is 5.83 Å². The van der Waals surface area contributed by atoms with Crippen molar-refractivity contribution in [3.63, 3.8) is 0 Å². The van der Waals surface area contributed by atoms with Crippen LogP contribution in [0.25, 0.3) is 0 Å². The van der Waals surface area contributed by atoms with Gasteiger partial charge in [-0.2, -0.15) is 0 Å². The molecule has 0 aliphatic heterocycles. The number of allylic oxidation sites excluding steroid dienone is 15. The van der Waals surface area contributed by atoms with Gasteiger partial charge in [-0.3, -0.25) is 4.79 Å². The van der Waals surface area contributed by atoms with Crippen LogP contribution < -0.4 is 5.32 Å². The Labute approximate surface area is 248 Å². The molecule has 42 heavy (non-hydrogen) atoms. The number of amides is 1. The zero-order valence-corrected chi connectivity index (χ0v) is 24.9. The van der Waals surface area contributed by atoms with Crippen LogP contribution in [0.3, 0.4) is 0 Å². The number of carboxylic acid groups (broad SMARTS) is 1. The Morgan fingerprint density at radius 1 is 1.07 bits per heavy atom. The highest BCUT2D eigenvalue weighted by atomic mass is 19.2. The molecule has 0 saturated heterocycles. The van der Waals surface area contributed by atoms with Crippen molar-refractivity contribution >= 4 is 11.9 Å². The summed E-state index contributed by atoms with van der Waals surface area (Å²) in [5.41, 5.74) is 2.83. The van der Waals surface area contributed by atoms with Crippen LogP contribution in [0.2, 0.25) is 0 Å². The first-order valence-corrected chi connectivity index (χ1v) is 14.5. The highest BCUT2D eigenvalue weighted by molar-refractivity contribution is 5.98. The monoisotopic (exact) mass is 579 g/mol. The second-order valence-corrected chi connectivity index (χ2v) is 10.2. The minimum absolute atomic E-state index is 0.0917. The van der Waals surface area contributed by atoms with Crippen LogP contribution in [0.15, 0.2) is 119 Å². The number of carbonyl (C=O) groups excluding carboxylic acids is 1. The number of carbonyl (C=O) groups is 2. The van der Waals surface area contributed by atoms with E-state index in [0.29, 0.717) is 24.2 Å². The summed E-state index contributed by atoms with van der Waals surface area (Å²) in [6, 6.07) is -1.04. The summed E-state index contributed by atoms with van der Waals surface area (Å²) in [5.74, 6) is -2.52. The van der Waals surface area contributed by atoms with E-state index in [4.69, 9.17) is 4.74 Å². The number of hydrogen-bond acceptors (Lipinski definition) is 3. The molecule has 0 radical (unpaired) electrons. The standard InChI is InChI=1S/C35H43F2NO4/c1-5-25(4)29(18-19-30(7-3)42-24-27-15-20-31(36)32(37)21-16-27)23-28(6-2)34(39)38-33(35(40)41)22-17-26-13-11-9-8-10-12-14-26/h6,8-9,12-16,18-20,23,25,33H,2,5,7,10-11,17,21-22,24H2,1,3-4H3,(H,38,39)(H,40,41)/b9-8-,14-12?,26-13+,28-23+,29-18-,30-19+. The highest BCUT2D eigenvalue weighted by Crippen LogP contribution is 2.22. The van der Waals surface area contributed by atoms with Crippen molar-refractivity contribution in [1.82, 2.24) is 5.32 Å². The molecule has 0 bridgehead atoms. The van der Waals surface area contributed by atoms with Gasteiger partial charge < -0.3 is 15.2 Å². The van der Waals surface area contributed by atoms with Gasteiger partial charge in [0.1, 0.15) is 18.5 Å². The molecule has 2 rings (SSSR count). The Hall–Kier alpha value is -4.00. The van der Waals surface area contributed by atoms with Gasteiger partial charge in [0.25, 0.3) is 5.91 Å². The van der Waals surface area contributed by atoms with Crippen molar-refractivity contribution in [2.75, 3.05) is 6.61 Å². The van der Waals surface area contributed by atoms with E-state index in [1.165, 1.54) is 12.2 Å². The van der Waals surface area contributed by atoms with Crippen LogP contribution in [0, 0.1) is 5.92 Å². The van der Waals surface area contributed by atoms with Crippen LogP contribution in [0.4, 0.5) is 8.78 Å². The van der Waals surface area contributed by atoms with Gasteiger partial charge >= 0.3 is 5.97 Å². The number of ether oxygens (including phenoxy) is 1. The molecule has 2 atom stereocenters. The predicted octanol–water partition coefficient (Wildman–Crippen LogP) is 8.60. The summed E-state index contributed by atoms with van der Waals surface area (Å²) in [7, 11) is 0. The third-order valence-electron chi connectivity index (χ3n) is 7.08. The van der Waals surface area contributed by atoms with Gasteiger partial charge in [0.05, 0.1) is 5.76 Å². The Morgan fingerprint density at radius 3 is 2.52 bits per heavy atom. The number of halogens is 2. The van der Waals surface area contributed by atoms with E-state index in [1.54, 1.807) is 12.2 Å². The average Bonchev–Trinajstić information content (AvgIpc) is 3.12. The second-order valence-electron chi connectivity index (χ2n) is 10.2. The van der Waals surface area contributed by atoms with Crippen LogP contribution >= 0.6 is 0 Å². The lowest BCUT2D eigenvalue weighted by molar-refractivity contribution is -0.141. The molecule has 7 heteroatoms. The molecular weight excluding hydrogens is 536 g/mol. The summed E-state index contributed by atoms with van der Waals surface area (Å²) < 4.78 is 32.9. The second kappa shape index (κ2) is 18.4. The van der Waals surface area contributed by atoms with E-state index in [-0.39, 0.29) is 30.9 Å².